The molecule has 0 saturated heterocycles. The molecule has 1 aliphatic rings. The van der Waals surface area contributed by atoms with Crippen LogP contribution in [0.15, 0.2) is 23.1 Å². The van der Waals surface area contributed by atoms with Crippen LogP contribution < -0.4 is 11.1 Å². The Kier molecular flexibility index (Phi) is 4.82. The summed E-state index contributed by atoms with van der Waals surface area (Å²) in [5.41, 5.74) is 6.09. The van der Waals surface area contributed by atoms with E-state index in [9.17, 15) is 9.00 Å². The molecule has 0 heterocycles. The molecule has 1 aromatic rings. The van der Waals surface area contributed by atoms with Crippen LogP contribution >= 0.6 is 11.6 Å². The van der Waals surface area contributed by atoms with E-state index in [0.717, 1.165) is 25.7 Å². The molecule has 0 spiro atoms. The van der Waals surface area contributed by atoms with Gasteiger partial charge in [0.2, 0.25) is 5.91 Å². The molecule has 0 aliphatic heterocycles. The van der Waals surface area contributed by atoms with E-state index in [0.29, 0.717) is 15.6 Å². The van der Waals surface area contributed by atoms with Gasteiger partial charge in [-0.1, -0.05) is 24.4 Å². The van der Waals surface area contributed by atoms with Crippen LogP contribution in [0.25, 0.3) is 0 Å². The molecule has 0 radical (unpaired) electrons. The summed E-state index contributed by atoms with van der Waals surface area (Å²) in [5.74, 6) is -0.238. The van der Waals surface area contributed by atoms with Crippen LogP contribution in [0.3, 0.4) is 0 Å². The number of carbonyl (C=O) groups is 1. The number of hydrogen-bond donors (Lipinski definition) is 2. The summed E-state index contributed by atoms with van der Waals surface area (Å²) in [6.07, 6.45) is 4.33. The Morgan fingerprint density at radius 2 is 2.11 bits per heavy atom. The third-order valence-electron chi connectivity index (χ3n) is 3.18. The third kappa shape index (κ3) is 3.94. The Balaban J connectivity index is 1.94. The second-order valence-electron chi connectivity index (χ2n) is 4.73. The Labute approximate surface area is 120 Å². The fourth-order valence-corrected chi connectivity index (χ4v) is 3.66. The van der Waals surface area contributed by atoms with Crippen molar-refractivity contribution in [3.05, 3.63) is 23.2 Å². The van der Waals surface area contributed by atoms with Gasteiger partial charge in [-0.3, -0.25) is 9.00 Å². The van der Waals surface area contributed by atoms with Gasteiger partial charge >= 0.3 is 0 Å². The van der Waals surface area contributed by atoms with E-state index in [2.05, 4.69) is 5.32 Å². The maximum Gasteiger partial charge on any atom is 0.233 e. The average molecular weight is 301 g/mol. The molecule has 0 aromatic heterocycles. The number of halogens is 1. The van der Waals surface area contributed by atoms with Gasteiger partial charge in [-0.2, -0.15) is 0 Å². The van der Waals surface area contributed by atoms with Crippen molar-refractivity contribution in [2.75, 3.05) is 11.5 Å². The standard InChI is InChI=1S/C13H17ClN2O2S/c14-11-7-9(15)5-6-12(11)19(18)8-13(17)16-10-3-1-2-4-10/h5-7,10H,1-4,8,15H2,(H,16,17). The minimum Gasteiger partial charge on any atom is -0.399 e. The predicted octanol–water partition coefficient (Wildman–Crippen LogP) is 2.09. The highest BCUT2D eigenvalue weighted by Crippen LogP contribution is 2.23. The summed E-state index contributed by atoms with van der Waals surface area (Å²) in [5, 5.41) is 3.25. The van der Waals surface area contributed by atoms with E-state index < -0.39 is 10.8 Å². The summed E-state index contributed by atoms with van der Waals surface area (Å²) >= 11 is 5.97. The summed E-state index contributed by atoms with van der Waals surface area (Å²) in [4.78, 5) is 12.2. The molecular weight excluding hydrogens is 284 g/mol. The summed E-state index contributed by atoms with van der Waals surface area (Å²) in [6.45, 7) is 0. The highest BCUT2D eigenvalue weighted by Gasteiger charge is 2.19. The zero-order valence-corrected chi connectivity index (χ0v) is 12.1. The molecule has 1 atom stereocenters. The fourth-order valence-electron chi connectivity index (χ4n) is 2.24. The van der Waals surface area contributed by atoms with Crippen LogP contribution in [0.1, 0.15) is 25.7 Å². The number of anilines is 1. The van der Waals surface area contributed by atoms with E-state index in [-0.39, 0.29) is 17.7 Å². The third-order valence-corrected chi connectivity index (χ3v) is 4.98. The van der Waals surface area contributed by atoms with Crippen LogP contribution in [-0.2, 0) is 15.6 Å². The second kappa shape index (κ2) is 6.39. The highest BCUT2D eigenvalue weighted by atomic mass is 35.5. The minimum absolute atomic E-state index is 0.0554. The number of benzene rings is 1. The van der Waals surface area contributed by atoms with Crippen molar-refractivity contribution in [2.24, 2.45) is 0 Å². The van der Waals surface area contributed by atoms with Crippen molar-refractivity contribution in [1.82, 2.24) is 5.32 Å². The normalized spacial score (nSPS) is 17.3. The summed E-state index contributed by atoms with van der Waals surface area (Å²) in [7, 11) is -1.43. The molecule has 19 heavy (non-hydrogen) atoms. The van der Waals surface area contributed by atoms with E-state index in [1.54, 1.807) is 18.2 Å². The van der Waals surface area contributed by atoms with E-state index in [4.69, 9.17) is 17.3 Å². The zero-order valence-electron chi connectivity index (χ0n) is 10.5. The first-order valence-corrected chi connectivity index (χ1v) is 7.98. The monoisotopic (exact) mass is 300 g/mol. The van der Waals surface area contributed by atoms with Gasteiger partial charge in [0.15, 0.2) is 0 Å². The lowest BCUT2D eigenvalue weighted by molar-refractivity contribution is -0.119. The molecule has 4 nitrogen and oxygen atoms in total. The predicted molar refractivity (Wildman–Crippen MR) is 77.5 cm³/mol. The number of hydrogen-bond acceptors (Lipinski definition) is 3. The molecule has 0 bridgehead atoms. The molecule has 1 unspecified atom stereocenters. The lowest BCUT2D eigenvalue weighted by Gasteiger charge is -2.12. The Morgan fingerprint density at radius 3 is 2.74 bits per heavy atom. The lowest BCUT2D eigenvalue weighted by atomic mass is 10.2. The van der Waals surface area contributed by atoms with E-state index in [1.165, 1.54) is 0 Å². The molecule has 3 N–H and O–H groups in total. The van der Waals surface area contributed by atoms with Crippen molar-refractivity contribution < 1.29 is 9.00 Å². The molecule has 1 saturated carbocycles. The fraction of sp³-hybridized carbons (Fsp3) is 0.462. The number of nitrogens with two attached hydrogens (primary N) is 1. The van der Waals surface area contributed by atoms with Gasteiger partial charge in [-0.15, -0.1) is 0 Å². The van der Waals surface area contributed by atoms with Gasteiger partial charge in [0, 0.05) is 11.7 Å². The van der Waals surface area contributed by atoms with Gasteiger partial charge in [-0.25, -0.2) is 0 Å². The molecule has 1 amide bonds. The van der Waals surface area contributed by atoms with Crippen LogP contribution in [0.5, 0.6) is 0 Å². The van der Waals surface area contributed by atoms with E-state index in [1.807, 2.05) is 0 Å². The summed E-state index contributed by atoms with van der Waals surface area (Å²) in [6, 6.07) is 5.03. The molecule has 1 aliphatic carbocycles. The van der Waals surface area contributed by atoms with Crippen LogP contribution in [0.2, 0.25) is 5.02 Å². The Bertz CT molecular complexity index is 501. The molecule has 104 valence electrons. The van der Waals surface area contributed by atoms with Gasteiger partial charge in [0.25, 0.3) is 0 Å². The molecule has 1 aromatic carbocycles. The number of nitrogens with one attached hydrogen (secondary N) is 1. The van der Waals surface area contributed by atoms with Gasteiger partial charge in [0.05, 0.1) is 20.7 Å². The van der Waals surface area contributed by atoms with Crippen LogP contribution in [0.4, 0.5) is 5.69 Å². The van der Waals surface area contributed by atoms with Crippen molar-refractivity contribution in [3.8, 4) is 0 Å². The van der Waals surface area contributed by atoms with Crippen LogP contribution in [-0.4, -0.2) is 21.9 Å². The molecule has 1 fully saturated rings. The SMILES string of the molecule is Nc1ccc(S(=O)CC(=O)NC2CCCC2)c(Cl)c1. The zero-order chi connectivity index (χ0) is 13.8. The molecule has 2 rings (SSSR count). The first kappa shape index (κ1) is 14.3. The van der Waals surface area contributed by atoms with Crippen LogP contribution in [0, 0.1) is 0 Å². The number of carbonyl (C=O) groups excluding carboxylic acids is 1. The van der Waals surface area contributed by atoms with Gasteiger partial charge in [-0.05, 0) is 31.0 Å². The topological polar surface area (TPSA) is 72.2 Å². The van der Waals surface area contributed by atoms with Crippen molar-refractivity contribution >= 4 is 34.0 Å². The van der Waals surface area contributed by atoms with Crippen molar-refractivity contribution in [2.45, 2.75) is 36.6 Å². The first-order valence-electron chi connectivity index (χ1n) is 6.29. The first-order chi connectivity index (χ1) is 9.06. The average Bonchev–Trinajstić information content (AvgIpc) is 2.81. The van der Waals surface area contributed by atoms with E-state index >= 15 is 0 Å². The summed E-state index contributed by atoms with van der Waals surface area (Å²) < 4.78 is 12.1. The van der Waals surface area contributed by atoms with Crippen molar-refractivity contribution in [3.63, 3.8) is 0 Å². The Hall–Kier alpha value is -1.07. The Morgan fingerprint density at radius 1 is 1.42 bits per heavy atom. The molecular formula is C13H17ClN2O2S. The smallest absolute Gasteiger partial charge is 0.233 e. The number of nitrogen functional groups attached to an aromatic ring is 1. The largest absolute Gasteiger partial charge is 0.399 e. The van der Waals surface area contributed by atoms with Crippen molar-refractivity contribution in [1.29, 1.82) is 0 Å². The second-order valence-corrected chi connectivity index (χ2v) is 6.56. The maximum atomic E-state index is 12.1. The van der Waals surface area contributed by atoms with Gasteiger partial charge in [0.1, 0.15) is 5.75 Å². The molecule has 6 heteroatoms. The highest BCUT2D eigenvalue weighted by molar-refractivity contribution is 7.85. The maximum absolute atomic E-state index is 12.1. The van der Waals surface area contributed by atoms with Gasteiger partial charge < -0.3 is 11.1 Å². The number of amides is 1. The lowest BCUT2D eigenvalue weighted by Crippen LogP contribution is -2.35. The quantitative estimate of drug-likeness (QED) is 0.836. The number of rotatable bonds is 4. The minimum atomic E-state index is -1.43.